The molecule has 8 heteroatoms. The van der Waals surface area contributed by atoms with E-state index in [0.29, 0.717) is 17.0 Å². The van der Waals surface area contributed by atoms with E-state index in [1.807, 2.05) is 24.5 Å². The Morgan fingerprint density at radius 2 is 2.14 bits per heavy atom. The molecule has 116 valence electrons. The Balaban J connectivity index is 1.82. The van der Waals surface area contributed by atoms with Crippen molar-refractivity contribution in [1.82, 2.24) is 19.5 Å². The SMILES string of the molecule is CC1(C)O[C@H]2[C@H](CO)C=C(n3cnc4c(N)ncnc43)[C@@H]2O1. The monoisotopic (exact) mass is 303 g/mol. The van der Waals surface area contributed by atoms with Crippen LogP contribution in [0.3, 0.4) is 0 Å². The molecule has 8 nitrogen and oxygen atoms in total. The van der Waals surface area contributed by atoms with Crippen LogP contribution in [0.5, 0.6) is 0 Å². The summed E-state index contributed by atoms with van der Waals surface area (Å²) < 4.78 is 13.7. The zero-order chi connectivity index (χ0) is 15.5. The van der Waals surface area contributed by atoms with Gasteiger partial charge in [-0.2, -0.15) is 0 Å². The van der Waals surface area contributed by atoms with Gasteiger partial charge in [-0.3, -0.25) is 4.57 Å². The van der Waals surface area contributed by atoms with Crippen molar-refractivity contribution in [2.75, 3.05) is 12.3 Å². The van der Waals surface area contributed by atoms with E-state index in [4.69, 9.17) is 15.2 Å². The van der Waals surface area contributed by atoms with Gasteiger partial charge >= 0.3 is 0 Å². The van der Waals surface area contributed by atoms with Gasteiger partial charge in [0, 0.05) is 5.92 Å². The van der Waals surface area contributed by atoms with Crippen molar-refractivity contribution >= 4 is 22.7 Å². The zero-order valence-corrected chi connectivity index (χ0v) is 12.3. The summed E-state index contributed by atoms with van der Waals surface area (Å²) in [5.41, 5.74) is 7.85. The van der Waals surface area contributed by atoms with E-state index in [9.17, 15) is 5.11 Å². The molecule has 0 saturated carbocycles. The molecule has 2 aromatic rings. The predicted molar refractivity (Wildman–Crippen MR) is 78.4 cm³/mol. The molecule has 22 heavy (non-hydrogen) atoms. The summed E-state index contributed by atoms with van der Waals surface area (Å²) in [7, 11) is 0. The van der Waals surface area contributed by atoms with Gasteiger partial charge < -0.3 is 20.3 Å². The number of fused-ring (bicyclic) bond motifs is 2. The van der Waals surface area contributed by atoms with Crippen LogP contribution in [0.15, 0.2) is 18.7 Å². The van der Waals surface area contributed by atoms with Crippen molar-refractivity contribution in [1.29, 1.82) is 0 Å². The van der Waals surface area contributed by atoms with Gasteiger partial charge in [-0.05, 0) is 13.8 Å². The molecule has 4 rings (SSSR count). The molecule has 1 fully saturated rings. The van der Waals surface area contributed by atoms with Crippen molar-refractivity contribution in [2.24, 2.45) is 5.92 Å². The van der Waals surface area contributed by atoms with E-state index in [-0.39, 0.29) is 24.7 Å². The molecular weight excluding hydrogens is 286 g/mol. The zero-order valence-electron chi connectivity index (χ0n) is 12.3. The second-order valence-electron chi connectivity index (χ2n) is 6.00. The van der Waals surface area contributed by atoms with Gasteiger partial charge in [-0.1, -0.05) is 6.08 Å². The van der Waals surface area contributed by atoms with Gasteiger partial charge in [0.1, 0.15) is 24.9 Å². The number of imidazole rings is 1. The Hall–Kier alpha value is -2.03. The average molecular weight is 303 g/mol. The summed E-state index contributed by atoms with van der Waals surface area (Å²) in [5.74, 6) is -0.480. The molecule has 1 saturated heterocycles. The Morgan fingerprint density at radius 3 is 2.91 bits per heavy atom. The van der Waals surface area contributed by atoms with Crippen molar-refractivity contribution < 1.29 is 14.6 Å². The van der Waals surface area contributed by atoms with Crippen molar-refractivity contribution in [3.63, 3.8) is 0 Å². The number of anilines is 1. The summed E-state index contributed by atoms with van der Waals surface area (Å²) in [5, 5.41) is 9.61. The summed E-state index contributed by atoms with van der Waals surface area (Å²) in [6.07, 6.45) is 4.51. The molecule has 3 N–H and O–H groups in total. The van der Waals surface area contributed by atoms with Crippen molar-refractivity contribution in [2.45, 2.75) is 31.8 Å². The highest BCUT2D eigenvalue weighted by Crippen LogP contribution is 2.43. The topological polar surface area (TPSA) is 108 Å². The highest BCUT2D eigenvalue weighted by atomic mass is 16.8. The third kappa shape index (κ3) is 1.84. The second-order valence-corrected chi connectivity index (χ2v) is 6.00. The predicted octanol–water partition coefficient (Wildman–Crippen LogP) is 0.392. The van der Waals surface area contributed by atoms with Crippen LogP contribution in [0.4, 0.5) is 5.82 Å². The van der Waals surface area contributed by atoms with Crippen LogP contribution in [0.25, 0.3) is 16.9 Å². The fourth-order valence-corrected chi connectivity index (χ4v) is 3.16. The second kappa shape index (κ2) is 4.48. The van der Waals surface area contributed by atoms with Crippen LogP contribution < -0.4 is 5.73 Å². The first-order valence-corrected chi connectivity index (χ1v) is 7.12. The third-order valence-electron chi connectivity index (χ3n) is 4.08. The Kier molecular flexibility index (Phi) is 2.77. The number of nitrogens with zero attached hydrogens (tertiary/aromatic N) is 4. The van der Waals surface area contributed by atoms with Crippen LogP contribution in [-0.4, -0.2) is 49.2 Å². The maximum absolute atomic E-state index is 9.61. The number of aliphatic hydroxyl groups excluding tert-OH is 1. The van der Waals surface area contributed by atoms with Gasteiger partial charge in [0.15, 0.2) is 22.8 Å². The number of ether oxygens (including phenoxy) is 2. The number of hydrogen-bond donors (Lipinski definition) is 2. The molecule has 1 aliphatic heterocycles. The van der Waals surface area contributed by atoms with E-state index >= 15 is 0 Å². The van der Waals surface area contributed by atoms with Crippen LogP contribution in [0.1, 0.15) is 13.8 Å². The summed E-state index contributed by atoms with van der Waals surface area (Å²) >= 11 is 0. The summed E-state index contributed by atoms with van der Waals surface area (Å²) in [6.45, 7) is 3.72. The lowest BCUT2D eigenvalue weighted by molar-refractivity contribution is -0.148. The minimum atomic E-state index is -0.688. The van der Waals surface area contributed by atoms with E-state index < -0.39 is 5.79 Å². The van der Waals surface area contributed by atoms with Gasteiger partial charge in [0.2, 0.25) is 0 Å². The lowest BCUT2D eigenvalue weighted by Gasteiger charge is -2.19. The van der Waals surface area contributed by atoms with Gasteiger partial charge in [0.05, 0.1) is 12.3 Å². The molecule has 0 spiro atoms. The highest BCUT2D eigenvalue weighted by molar-refractivity contribution is 5.84. The molecule has 0 bridgehead atoms. The minimum absolute atomic E-state index is 0.00609. The normalized spacial score (nSPS) is 29.8. The maximum atomic E-state index is 9.61. The number of nitrogen functional groups attached to an aromatic ring is 1. The fraction of sp³-hybridized carbons (Fsp3) is 0.500. The Bertz CT molecular complexity index is 769. The van der Waals surface area contributed by atoms with Crippen LogP contribution in [0.2, 0.25) is 0 Å². The van der Waals surface area contributed by atoms with Gasteiger partial charge in [-0.15, -0.1) is 0 Å². The van der Waals surface area contributed by atoms with Gasteiger partial charge in [-0.25, -0.2) is 15.0 Å². The lowest BCUT2D eigenvalue weighted by Crippen LogP contribution is -2.28. The molecule has 3 heterocycles. The smallest absolute Gasteiger partial charge is 0.169 e. The first-order chi connectivity index (χ1) is 10.5. The van der Waals surface area contributed by atoms with Crippen molar-refractivity contribution in [3.8, 4) is 0 Å². The number of aliphatic hydroxyl groups is 1. The van der Waals surface area contributed by atoms with Crippen LogP contribution in [0, 0.1) is 5.92 Å². The van der Waals surface area contributed by atoms with Crippen LogP contribution >= 0.6 is 0 Å². The molecule has 3 atom stereocenters. The summed E-state index contributed by atoms with van der Waals surface area (Å²) in [6, 6.07) is 0. The standard InChI is InChI=1S/C14H17N5O3/c1-14(2)21-10-7(4-20)3-8(11(10)22-14)19-6-18-9-12(15)16-5-17-13(9)19/h3,5-7,10-11,20H,4H2,1-2H3,(H2,15,16,17)/t7-,10-,11-/m0/s1. The first-order valence-electron chi connectivity index (χ1n) is 7.12. The molecule has 0 amide bonds. The Morgan fingerprint density at radius 1 is 1.32 bits per heavy atom. The largest absolute Gasteiger partial charge is 0.396 e. The Labute approximate surface area is 126 Å². The van der Waals surface area contributed by atoms with Gasteiger partial charge in [0.25, 0.3) is 0 Å². The highest BCUT2D eigenvalue weighted by Gasteiger charge is 2.50. The first kappa shape index (κ1) is 13.6. The molecule has 1 aliphatic carbocycles. The summed E-state index contributed by atoms with van der Waals surface area (Å²) in [4.78, 5) is 12.5. The number of hydrogen-bond acceptors (Lipinski definition) is 7. The lowest BCUT2D eigenvalue weighted by atomic mass is 10.1. The van der Waals surface area contributed by atoms with E-state index in [1.165, 1.54) is 6.33 Å². The fourth-order valence-electron chi connectivity index (χ4n) is 3.16. The van der Waals surface area contributed by atoms with E-state index in [0.717, 1.165) is 5.70 Å². The van der Waals surface area contributed by atoms with Crippen molar-refractivity contribution in [3.05, 3.63) is 18.7 Å². The average Bonchev–Trinajstić information content (AvgIpc) is 3.10. The number of rotatable bonds is 2. The quantitative estimate of drug-likeness (QED) is 0.826. The molecule has 2 aromatic heterocycles. The molecule has 0 aromatic carbocycles. The van der Waals surface area contributed by atoms with E-state index in [1.54, 1.807) is 6.33 Å². The maximum Gasteiger partial charge on any atom is 0.169 e. The van der Waals surface area contributed by atoms with E-state index in [2.05, 4.69) is 15.0 Å². The molecule has 0 unspecified atom stereocenters. The van der Waals surface area contributed by atoms with Crippen LogP contribution in [-0.2, 0) is 9.47 Å². The number of aromatic nitrogens is 4. The minimum Gasteiger partial charge on any atom is -0.396 e. The third-order valence-corrected chi connectivity index (χ3v) is 4.08. The molecule has 2 aliphatic rings. The number of nitrogens with two attached hydrogens (primary N) is 1. The molecule has 0 radical (unpaired) electrons. The molecular formula is C14H17N5O3.